The Balaban J connectivity index is 1.76. The highest BCUT2D eigenvalue weighted by Gasteiger charge is 2.41. The van der Waals surface area contributed by atoms with E-state index in [4.69, 9.17) is 5.73 Å². The van der Waals surface area contributed by atoms with E-state index in [-0.39, 0.29) is 69.2 Å². The van der Waals surface area contributed by atoms with Crippen LogP contribution in [0.1, 0.15) is 124 Å². The number of alkyl halides is 2. The third kappa shape index (κ3) is 12.8. The molecule has 0 saturated heterocycles. The van der Waals surface area contributed by atoms with Crippen LogP contribution in [0.4, 0.5) is 8.78 Å². The van der Waals surface area contributed by atoms with Crippen LogP contribution >= 0.6 is 0 Å². The maximum absolute atomic E-state index is 14.4. The van der Waals surface area contributed by atoms with E-state index in [1.807, 2.05) is 20.8 Å². The molecule has 48 heavy (non-hydrogen) atoms. The van der Waals surface area contributed by atoms with Gasteiger partial charge in [0.2, 0.25) is 23.6 Å². The molecule has 7 atom stereocenters. The minimum Gasteiger partial charge on any atom is -0.390 e. The van der Waals surface area contributed by atoms with Gasteiger partial charge in [0.25, 0.3) is 0 Å². The Morgan fingerprint density at radius 1 is 0.792 bits per heavy atom. The van der Waals surface area contributed by atoms with Crippen LogP contribution < -0.4 is 16.5 Å². The molecule has 0 bridgehead atoms. The minimum atomic E-state index is -1.29. The average molecular weight is 684 g/mol. The molecule has 3 fully saturated rings. The minimum absolute atomic E-state index is 0.0265. The summed E-state index contributed by atoms with van der Waals surface area (Å²) in [5.74, 6) is -3.06. The van der Waals surface area contributed by atoms with Gasteiger partial charge in [-0.2, -0.15) is 0 Å². The van der Waals surface area contributed by atoms with Gasteiger partial charge in [-0.15, -0.1) is 0 Å². The Labute approximate surface area is 286 Å². The number of primary amides is 1. The number of rotatable bonds is 18. The van der Waals surface area contributed by atoms with Gasteiger partial charge in [-0.25, -0.2) is 13.8 Å². The largest absolute Gasteiger partial charge is 0.390 e. The molecule has 0 aromatic rings. The second-order valence-electron chi connectivity index (χ2n) is 14.9. The van der Waals surface area contributed by atoms with Gasteiger partial charge in [0.05, 0.1) is 12.1 Å². The summed E-state index contributed by atoms with van der Waals surface area (Å²) in [7, 11) is 0. The predicted molar refractivity (Wildman–Crippen MR) is 182 cm³/mol. The van der Waals surface area contributed by atoms with Gasteiger partial charge in [-0.1, -0.05) is 40.0 Å². The number of nitrogens with zero attached hydrogens (tertiary/aromatic N) is 2. The van der Waals surface area contributed by atoms with Crippen LogP contribution in [-0.2, 0) is 19.2 Å². The lowest BCUT2D eigenvalue weighted by atomic mass is 9.73. The van der Waals surface area contributed by atoms with Crippen LogP contribution in [0.5, 0.6) is 0 Å². The first kappa shape index (κ1) is 40.1. The molecule has 0 spiro atoms. The summed E-state index contributed by atoms with van der Waals surface area (Å²) in [6.45, 7) is 7.65. The lowest BCUT2D eigenvalue weighted by Crippen LogP contribution is -2.55. The van der Waals surface area contributed by atoms with Gasteiger partial charge < -0.3 is 21.1 Å². The summed E-state index contributed by atoms with van der Waals surface area (Å²) in [5, 5.41) is 16.3. The van der Waals surface area contributed by atoms with Crippen molar-refractivity contribution in [2.45, 2.75) is 148 Å². The van der Waals surface area contributed by atoms with E-state index in [1.165, 1.54) is 6.42 Å². The fourth-order valence-electron chi connectivity index (χ4n) is 8.24. The van der Waals surface area contributed by atoms with Crippen LogP contribution in [-0.4, -0.2) is 89.3 Å². The number of halogens is 2. The Morgan fingerprint density at radius 3 is 1.96 bits per heavy atom. The number of nitrogens with two attached hydrogens (primary N) is 1. The molecule has 0 aromatic carbocycles. The van der Waals surface area contributed by atoms with Crippen molar-refractivity contribution in [1.82, 2.24) is 20.7 Å². The van der Waals surface area contributed by atoms with Crippen molar-refractivity contribution >= 4 is 23.6 Å². The molecule has 4 amide bonds. The molecular weight excluding hydrogens is 620 g/mol. The van der Waals surface area contributed by atoms with Crippen molar-refractivity contribution in [3.8, 4) is 0 Å². The Hall–Kier alpha value is -2.34. The van der Waals surface area contributed by atoms with Gasteiger partial charge in [0, 0.05) is 56.8 Å². The molecule has 0 aromatic heterocycles. The fourth-order valence-corrected chi connectivity index (χ4v) is 8.24. The first-order valence-corrected chi connectivity index (χ1v) is 18.8. The number of aliphatic hydroxyl groups is 1. The van der Waals surface area contributed by atoms with Gasteiger partial charge >= 0.3 is 0 Å². The van der Waals surface area contributed by atoms with Crippen molar-refractivity contribution in [3.05, 3.63) is 0 Å². The third-order valence-electron chi connectivity index (χ3n) is 10.6. The second-order valence-corrected chi connectivity index (χ2v) is 14.9. The van der Waals surface area contributed by atoms with Crippen molar-refractivity contribution in [3.63, 3.8) is 0 Å². The molecule has 0 aliphatic heterocycles. The lowest BCUT2D eigenvalue weighted by Gasteiger charge is -2.37. The maximum atomic E-state index is 14.4. The highest BCUT2D eigenvalue weighted by atomic mass is 19.1. The molecule has 5 N–H and O–H groups in total. The normalized spacial score (nSPS) is 28.0. The number of amides is 4. The number of hydrazine groups is 1. The van der Waals surface area contributed by atoms with E-state index in [0.717, 1.165) is 38.5 Å². The molecule has 276 valence electrons. The van der Waals surface area contributed by atoms with Crippen LogP contribution in [0.2, 0.25) is 0 Å². The molecule has 3 aliphatic rings. The van der Waals surface area contributed by atoms with Crippen molar-refractivity contribution < 1.29 is 33.1 Å². The summed E-state index contributed by atoms with van der Waals surface area (Å²) < 4.78 is 28.8. The second kappa shape index (κ2) is 20.4. The monoisotopic (exact) mass is 683 g/mol. The summed E-state index contributed by atoms with van der Waals surface area (Å²) in [6.07, 6.45) is 5.54. The quantitative estimate of drug-likeness (QED) is 0.156. The van der Waals surface area contributed by atoms with E-state index >= 15 is 0 Å². The number of carbonyl (C=O) groups excluding carboxylic acids is 4. The van der Waals surface area contributed by atoms with E-state index < -0.39 is 54.1 Å². The zero-order valence-corrected chi connectivity index (χ0v) is 29.6. The highest BCUT2D eigenvalue weighted by Crippen LogP contribution is 2.36. The molecule has 3 rings (SSSR count). The first-order valence-electron chi connectivity index (χ1n) is 18.8. The summed E-state index contributed by atoms with van der Waals surface area (Å²) in [6, 6.07) is -0.852. The van der Waals surface area contributed by atoms with E-state index in [1.54, 1.807) is 9.91 Å². The smallest absolute Gasteiger partial charge is 0.234 e. The van der Waals surface area contributed by atoms with Crippen molar-refractivity contribution in [1.29, 1.82) is 0 Å². The highest BCUT2D eigenvalue weighted by molar-refractivity contribution is 5.85. The third-order valence-corrected chi connectivity index (χ3v) is 10.6. The van der Waals surface area contributed by atoms with Gasteiger partial charge in [-0.05, 0) is 82.5 Å². The number of aliphatic hydroxyl groups excluding tert-OH is 1. The van der Waals surface area contributed by atoms with Gasteiger partial charge in [0.15, 0.2) is 0 Å². The van der Waals surface area contributed by atoms with E-state index in [2.05, 4.69) is 10.7 Å². The Bertz CT molecular complexity index is 1010. The summed E-state index contributed by atoms with van der Waals surface area (Å²) in [5.41, 5.74) is 8.68. The molecule has 12 heteroatoms. The summed E-state index contributed by atoms with van der Waals surface area (Å²) >= 11 is 0. The molecule has 3 saturated carbocycles. The zero-order valence-electron chi connectivity index (χ0n) is 29.6. The maximum Gasteiger partial charge on any atom is 0.234 e. The SMILES string of the molecule is CCCN(CC(O)C(CC1CC(F)CC(F)C1)NC(=O)C1CC(C(N)=O)CC(C(=O)N(CCC)CCC)C1)NC(=O)CC1CCCCC1. The number of hydrogen-bond acceptors (Lipinski definition) is 6. The number of carbonyl (C=O) groups is 4. The average Bonchev–Trinajstić information content (AvgIpc) is 3.03. The topological polar surface area (TPSA) is 145 Å². The molecule has 7 unspecified atom stereocenters. The van der Waals surface area contributed by atoms with Gasteiger partial charge in [0.1, 0.15) is 12.3 Å². The Morgan fingerprint density at radius 2 is 1.38 bits per heavy atom. The van der Waals surface area contributed by atoms with Crippen LogP contribution in [0.15, 0.2) is 0 Å². The molecule has 0 radical (unpaired) electrons. The first-order chi connectivity index (χ1) is 22.9. The molecule has 3 aliphatic carbocycles. The van der Waals surface area contributed by atoms with E-state index in [9.17, 15) is 33.1 Å². The van der Waals surface area contributed by atoms with Crippen LogP contribution in [0.25, 0.3) is 0 Å². The molecular formula is C36H63F2N5O5. The zero-order chi connectivity index (χ0) is 35.2. The predicted octanol–water partition coefficient (Wildman–Crippen LogP) is 4.58. The summed E-state index contributed by atoms with van der Waals surface area (Å²) in [4.78, 5) is 54.6. The van der Waals surface area contributed by atoms with Crippen molar-refractivity contribution in [2.75, 3.05) is 26.2 Å². The standard InChI is InChI=1S/C36H63F2N5O5/c1-4-12-42(13-5-2)36(48)28-20-26(34(39)46)19-27(21-28)35(47)40-31(17-25-15-29(37)22-30(38)16-25)32(44)23-43(14-6-3)41-33(45)18-24-10-8-7-9-11-24/h24-32,44H,4-23H2,1-3H3,(H2,39,46)(H,40,47)(H,41,45). The van der Waals surface area contributed by atoms with Crippen LogP contribution in [0.3, 0.4) is 0 Å². The van der Waals surface area contributed by atoms with E-state index in [0.29, 0.717) is 38.4 Å². The number of nitrogens with one attached hydrogen (secondary N) is 2. The molecule has 0 heterocycles. The fraction of sp³-hybridized carbons (Fsp3) is 0.889. The van der Waals surface area contributed by atoms with Crippen molar-refractivity contribution in [2.24, 2.45) is 35.3 Å². The molecule has 10 nitrogen and oxygen atoms in total. The van der Waals surface area contributed by atoms with Crippen LogP contribution in [0, 0.1) is 29.6 Å². The van der Waals surface area contributed by atoms with Gasteiger partial charge in [-0.3, -0.25) is 24.6 Å². The lowest BCUT2D eigenvalue weighted by molar-refractivity contribution is -0.141. The Kier molecular flexibility index (Phi) is 17.0. The number of hydrogen-bond donors (Lipinski definition) is 4.